The molecule has 35 heavy (non-hydrogen) atoms. The zero-order chi connectivity index (χ0) is 25.7. The SMILES string of the molecule is Cc1ccc(NC(=O)COc2ccc(Br)cc2/C=C2\SC(=S)N(C(CC(=O)O)C(=O)O)C2=O)cc1. The van der Waals surface area contributed by atoms with Gasteiger partial charge < -0.3 is 20.3 Å². The molecule has 1 saturated heterocycles. The molecule has 0 aromatic heterocycles. The average Bonchev–Trinajstić information content (AvgIpc) is 3.05. The van der Waals surface area contributed by atoms with E-state index < -0.39 is 30.3 Å². The van der Waals surface area contributed by atoms with Gasteiger partial charge in [0, 0.05) is 15.7 Å². The number of hydrogen-bond donors (Lipinski definition) is 3. The van der Waals surface area contributed by atoms with Crippen LogP contribution in [0.2, 0.25) is 0 Å². The molecule has 12 heteroatoms. The van der Waals surface area contributed by atoms with Crippen molar-refractivity contribution < 1.29 is 34.1 Å². The number of nitrogens with zero attached hydrogens (tertiary/aromatic N) is 1. The predicted molar refractivity (Wildman–Crippen MR) is 138 cm³/mol. The zero-order valence-corrected chi connectivity index (χ0v) is 21.4. The molecular formula is C23H19BrN2O7S2. The number of benzene rings is 2. The highest BCUT2D eigenvalue weighted by Gasteiger charge is 2.41. The molecule has 9 nitrogen and oxygen atoms in total. The van der Waals surface area contributed by atoms with Crippen LogP contribution in [0.1, 0.15) is 17.5 Å². The first-order valence-corrected chi connectivity index (χ1v) is 12.1. The van der Waals surface area contributed by atoms with Gasteiger partial charge >= 0.3 is 11.9 Å². The summed E-state index contributed by atoms with van der Waals surface area (Å²) in [6.45, 7) is 1.64. The van der Waals surface area contributed by atoms with E-state index in [0.29, 0.717) is 21.5 Å². The molecule has 1 heterocycles. The summed E-state index contributed by atoms with van der Waals surface area (Å²) in [4.78, 5) is 48.7. The van der Waals surface area contributed by atoms with Gasteiger partial charge in [0.25, 0.3) is 11.8 Å². The number of halogens is 1. The van der Waals surface area contributed by atoms with Gasteiger partial charge in [-0.25, -0.2) is 4.79 Å². The first-order chi connectivity index (χ1) is 16.5. The number of carbonyl (C=O) groups excluding carboxylic acids is 2. The van der Waals surface area contributed by atoms with Crippen LogP contribution in [0, 0.1) is 6.92 Å². The van der Waals surface area contributed by atoms with Crippen LogP contribution in [0.15, 0.2) is 51.8 Å². The van der Waals surface area contributed by atoms with Crippen LogP contribution >= 0.6 is 39.9 Å². The summed E-state index contributed by atoms with van der Waals surface area (Å²) in [5.41, 5.74) is 2.12. The summed E-state index contributed by atoms with van der Waals surface area (Å²) in [5, 5.41) is 21.2. The van der Waals surface area contributed by atoms with E-state index in [-0.39, 0.29) is 21.7 Å². The van der Waals surface area contributed by atoms with Gasteiger partial charge in [0.15, 0.2) is 6.61 Å². The van der Waals surface area contributed by atoms with Gasteiger partial charge in [0.1, 0.15) is 16.1 Å². The third kappa shape index (κ3) is 6.90. The number of carboxylic acids is 2. The van der Waals surface area contributed by atoms with E-state index in [4.69, 9.17) is 22.1 Å². The number of carbonyl (C=O) groups is 4. The second-order valence-electron chi connectivity index (χ2n) is 7.39. The lowest BCUT2D eigenvalue weighted by Gasteiger charge is -2.21. The standard InChI is InChI=1S/C23H19BrN2O7S2/c1-12-2-5-15(6-3-12)25-19(27)11-33-17-7-4-14(24)8-13(17)9-18-21(30)26(23(34)35-18)16(22(31)32)10-20(28)29/h2-9,16H,10-11H2,1H3,(H,25,27)(H,28,29)(H,31,32)/b18-9-. The minimum Gasteiger partial charge on any atom is -0.483 e. The Balaban J connectivity index is 1.78. The van der Waals surface area contributed by atoms with Crippen LogP contribution in [0.5, 0.6) is 5.75 Å². The fourth-order valence-corrected chi connectivity index (χ4v) is 4.81. The molecule has 1 fully saturated rings. The largest absolute Gasteiger partial charge is 0.483 e. The van der Waals surface area contributed by atoms with Crippen molar-refractivity contribution in [1.29, 1.82) is 0 Å². The highest BCUT2D eigenvalue weighted by atomic mass is 79.9. The lowest BCUT2D eigenvalue weighted by molar-refractivity contribution is -0.150. The molecule has 3 N–H and O–H groups in total. The number of hydrogen-bond acceptors (Lipinski definition) is 7. The number of thioether (sulfide) groups is 1. The van der Waals surface area contributed by atoms with Gasteiger partial charge in [0.05, 0.1) is 11.3 Å². The highest BCUT2D eigenvalue weighted by Crippen LogP contribution is 2.36. The topological polar surface area (TPSA) is 133 Å². The number of carboxylic acid groups (broad SMARTS) is 2. The highest BCUT2D eigenvalue weighted by molar-refractivity contribution is 9.10. The van der Waals surface area contributed by atoms with E-state index in [9.17, 15) is 24.3 Å². The van der Waals surface area contributed by atoms with Crippen molar-refractivity contribution in [3.8, 4) is 5.75 Å². The van der Waals surface area contributed by atoms with Gasteiger partial charge in [-0.05, 0) is 43.3 Å². The van der Waals surface area contributed by atoms with Crippen LogP contribution < -0.4 is 10.1 Å². The zero-order valence-electron chi connectivity index (χ0n) is 18.2. The molecular weight excluding hydrogens is 560 g/mol. The summed E-state index contributed by atoms with van der Waals surface area (Å²) < 4.78 is 6.28. The number of aliphatic carboxylic acids is 2. The Kier molecular flexibility index (Phi) is 8.65. The Labute approximate surface area is 218 Å². The van der Waals surface area contributed by atoms with Crippen molar-refractivity contribution in [2.45, 2.75) is 19.4 Å². The van der Waals surface area contributed by atoms with E-state index in [0.717, 1.165) is 22.2 Å². The number of thiocarbonyl (C=S) groups is 1. The quantitative estimate of drug-likeness (QED) is 0.299. The Bertz CT molecular complexity index is 1230. The number of nitrogens with one attached hydrogen (secondary N) is 1. The van der Waals surface area contributed by atoms with Gasteiger partial charge in [-0.15, -0.1) is 0 Å². The molecule has 2 amide bonds. The van der Waals surface area contributed by atoms with Gasteiger partial charge in [-0.3, -0.25) is 19.3 Å². The van der Waals surface area contributed by atoms with Crippen LogP contribution in [0.4, 0.5) is 5.69 Å². The molecule has 0 spiro atoms. The monoisotopic (exact) mass is 578 g/mol. The number of aryl methyl sites for hydroxylation is 1. The second kappa shape index (κ2) is 11.5. The van der Waals surface area contributed by atoms with E-state index in [1.54, 1.807) is 30.3 Å². The number of rotatable bonds is 9. The van der Waals surface area contributed by atoms with Crippen LogP contribution in [0.25, 0.3) is 6.08 Å². The van der Waals surface area contributed by atoms with Crippen molar-refractivity contribution in [1.82, 2.24) is 4.90 Å². The molecule has 1 unspecified atom stereocenters. The predicted octanol–water partition coefficient (Wildman–Crippen LogP) is 3.90. The minimum atomic E-state index is -1.63. The van der Waals surface area contributed by atoms with Crippen molar-refractivity contribution >= 4 is 79.7 Å². The fourth-order valence-electron chi connectivity index (χ4n) is 3.08. The van der Waals surface area contributed by atoms with Crippen LogP contribution in [-0.2, 0) is 19.2 Å². The maximum atomic E-state index is 12.9. The molecule has 2 aromatic rings. The molecule has 0 aliphatic carbocycles. The van der Waals surface area contributed by atoms with Crippen molar-refractivity contribution in [3.05, 3.63) is 63.0 Å². The van der Waals surface area contributed by atoms with Gasteiger partial charge in [0.2, 0.25) is 0 Å². The first-order valence-electron chi connectivity index (χ1n) is 10.1. The van der Waals surface area contributed by atoms with E-state index >= 15 is 0 Å². The number of anilines is 1. The van der Waals surface area contributed by atoms with E-state index in [1.807, 2.05) is 19.1 Å². The lowest BCUT2D eigenvalue weighted by atomic mass is 10.1. The summed E-state index contributed by atoms with van der Waals surface area (Å²) in [5.74, 6) is -3.65. The lowest BCUT2D eigenvalue weighted by Crippen LogP contribution is -2.45. The second-order valence-corrected chi connectivity index (χ2v) is 9.98. The average molecular weight is 579 g/mol. The Hall–Kier alpha value is -3.22. The normalized spacial score (nSPS) is 15.3. The Morgan fingerprint density at radius 2 is 1.89 bits per heavy atom. The maximum Gasteiger partial charge on any atom is 0.327 e. The van der Waals surface area contributed by atoms with E-state index in [2.05, 4.69) is 21.2 Å². The maximum absolute atomic E-state index is 12.9. The van der Waals surface area contributed by atoms with Gasteiger partial charge in [-0.2, -0.15) is 0 Å². The van der Waals surface area contributed by atoms with E-state index in [1.165, 1.54) is 6.08 Å². The molecule has 182 valence electrons. The molecule has 1 aliphatic rings. The Morgan fingerprint density at radius 1 is 1.20 bits per heavy atom. The summed E-state index contributed by atoms with van der Waals surface area (Å²) in [6, 6.07) is 10.6. The molecule has 0 radical (unpaired) electrons. The number of amides is 2. The summed E-state index contributed by atoms with van der Waals surface area (Å²) in [7, 11) is 0. The van der Waals surface area contributed by atoms with Crippen LogP contribution in [0.3, 0.4) is 0 Å². The third-order valence-corrected chi connectivity index (χ3v) is 6.56. The first kappa shape index (κ1) is 26.4. The molecule has 1 atom stereocenters. The third-order valence-electron chi connectivity index (χ3n) is 4.74. The molecule has 2 aromatic carbocycles. The van der Waals surface area contributed by atoms with Crippen molar-refractivity contribution in [2.24, 2.45) is 0 Å². The minimum absolute atomic E-state index is 0.0650. The summed E-state index contributed by atoms with van der Waals surface area (Å²) in [6.07, 6.45) is 0.660. The van der Waals surface area contributed by atoms with Gasteiger partial charge in [-0.1, -0.05) is 57.6 Å². The molecule has 1 aliphatic heterocycles. The molecule has 0 bridgehead atoms. The fraction of sp³-hybridized carbons (Fsp3) is 0.174. The summed E-state index contributed by atoms with van der Waals surface area (Å²) >= 11 is 9.35. The van der Waals surface area contributed by atoms with Crippen molar-refractivity contribution in [2.75, 3.05) is 11.9 Å². The molecule has 3 rings (SSSR count). The van der Waals surface area contributed by atoms with Crippen LogP contribution in [-0.4, -0.2) is 55.8 Å². The van der Waals surface area contributed by atoms with Crippen molar-refractivity contribution in [3.63, 3.8) is 0 Å². The molecule has 0 saturated carbocycles. The Morgan fingerprint density at radius 3 is 2.51 bits per heavy atom. The smallest absolute Gasteiger partial charge is 0.327 e. The number of ether oxygens (including phenoxy) is 1.